The van der Waals surface area contributed by atoms with E-state index in [1.165, 1.54) is 14.2 Å². The standard InChI is InChI=1S/C29H26N2O6/c1-35-25-13-12-24(17-26(25)36-2)31-18-22(16-27(31)32)28(33)30-23-9-5-7-20(15-23)11-10-19-6-4-8-21(14-19)29(34)37-3/h4-9,12-15,17,22H,16,18H2,1-3H3,(H,30,33). The fourth-order valence-electron chi connectivity index (χ4n) is 4.03. The molecule has 188 valence electrons. The molecule has 1 aliphatic rings. The van der Waals surface area contributed by atoms with Crippen molar-refractivity contribution in [2.24, 2.45) is 5.92 Å². The summed E-state index contributed by atoms with van der Waals surface area (Å²) in [5.41, 5.74) is 3.00. The molecule has 0 saturated carbocycles. The Morgan fingerprint density at radius 3 is 2.30 bits per heavy atom. The Kier molecular flexibility index (Phi) is 7.74. The lowest BCUT2D eigenvalue weighted by atomic mass is 10.1. The highest BCUT2D eigenvalue weighted by Gasteiger charge is 2.35. The maximum absolute atomic E-state index is 13.0. The van der Waals surface area contributed by atoms with Crippen LogP contribution in [-0.2, 0) is 14.3 Å². The zero-order valence-electron chi connectivity index (χ0n) is 20.7. The topological polar surface area (TPSA) is 94.2 Å². The van der Waals surface area contributed by atoms with Gasteiger partial charge in [0.1, 0.15) is 0 Å². The first-order valence-electron chi connectivity index (χ1n) is 11.6. The van der Waals surface area contributed by atoms with Crippen LogP contribution in [0.4, 0.5) is 11.4 Å². The number of amides is 2. The molecule has 37 heavy (non-hydrogen) atoms. The van der Waals surface area contributed by atoms with Crippen LogP contribution in [0.15, 0.2) is 66.7 Å². The fourth-order valence-corrected chi connectivity index (χ4v) is 4.03. The van der Waals surface area contributed by atoms with Crippen molar-refractivity contribution < 1.29 is 28.6 Å². The summed E-state index contributed by atoms with van der Waals surface area (Å²) in [5.74, 6) is 5.83. The zero-order valence-corrected chi connectivity index (χ0v) is 20.7. The molecule has 1 atom stereocenters. The summed E-state index contributed by atoms with van der Waals surface area (Å²) in [4.78, 5) is 39.0. The van der Waals surface area contributed by atoms with Crippen molar-refractivity contribution >= 4 is 29.2 Å². The first-order valence-corrected chi connectivity index (χ1v) is 11.6. The molecule has 1 saturated heterocycles. The smallest absolute Gasteiger partial charge is 0.337 e. The van der Waals surface area contributed by atoms with Gasteiger partial charge in [0.05, 0.1) is 32.8 Å². The van der Waals surface area contributed by atoms with Gasteiger partial charge in [0, 0.05) is 41.5 Å². The first kappa shape index (κ1) is 25.3. The molecular formula is C29H26N2O6. The molecule has 0 radical (unpaired) electrons. The minimum absolute atomic E-state index is 0.107. The third-order valence-corrected chi connectivity index (χ3v) is 5.94. The Hall–Kier alpha value is -4.77. The van der Waals surface area contributed by atoms with Crippen LogP contribution in [0.1, 0.15) is 27.9 Å². The minimum Gasteiger partial charge on any atom is -0.493 e. The molecule has 1 fully saturated rings. The predicted molar refractivity (Wildman–Crippen MR) is 139 cm³/mol. The van der Waals surface area contributed by atoms with E-state index in [1.807, 2.05) is 6.07 Å². The van der Waals surface area contributed by atoms with E-state index in [1.54, 1.807) is 72.7 Å². The summed E-state index contributed by atoms with van der Waals surface area (Å²) in [6, 6.07) is 19.2. The third-order valence-electron chi connectivity index (χ3n) is 5.94. The normalized spacial score (nSPS) is 14.4. The number of anilines is 2. The number of benzene rings is 3. The molecule has 1 N–H and O–H groups in total. The molecular weight excluding hydrogens is 472 g/mol. The van der Waals surface area contributed by atoms with Crippen molar-refractivity contribution in [3.05, 3.63) is 83.4 Å². The Labute approximate surface area is 215 Å². The number of hydrogen-bond donors (Lipinski definition) is 1. The average Bonchev–Trinajstić information content (AvgIpc) is 3.33. The Balaban J connectivity index is 1.43. The summed E-state index contributed by atoms with van der Waals surface area (Å²) >= 11 is 0. The summed E-state index contributed by atoms with van der Waals surface area (Å²) in [5, 5.41) is 2.90. The van der Waals surface area contributed by atoms with E-state index < -0.39 is 11.9 Å². The highest BCUT2D eigenvalue weighted by Crippen LogP contribution is 2.34. The molecule has 2 amide bonds. The van der Waals surface area contributed by atoms with Crippen molar-refractivity contribution in [3.8, 4) is 23.3 Å². The second-order valence-electron chi connectivity index (χ2n) is 8.34. The van der Waals surface area contributed by atoms with Crippen molar-refractivity contribution in [2.45, 2.75) is 6.42 Å². The Morgan fingerprint density at radius 2 is 1.59 bits per heavy atom. The molecule has 3 aromatic carbocycles. The van der Waals surface area contributed by atoms with Gasteiger partial charge in [-0.1, -0.05) is 24.0 Å². The Bertz CT molecular complexity index is 1400. The van der Waals surface area contributed by atoms with Crippen LogP contribution < -0.4 is 19.7 Å². The van der Waals surface area contributed by atoms with Gasteiger partial charge in [-0.3, -0.25) is 9.59 Å². The first-order chi connectivity index (χ1) is 17.9. The molecule has 8 heteroatoms. The fraction of sp³-hybridized carbons (Fsp3) is 0.207. The number of esters is 1. The SMILES string of the molecule is COC(=O)c1cccc(C#Cc2cccc(NC(=O)C3CC(=O)N(c4ccc(OC)c(OC)c4)C3)c2)c1. The van der Waals surface area contributed by atoms with E-state index >= 15 is 0 Å². The largest absolute Gasteiger partial charge is 0.493 e. The third kappa shape index (κ3) is 5.90. The number of carbonyl (C=O) groups excluding carboxylic acids is 3. The number of hydrogen-bond acceptors (Lipinski definition) is 6. The number of nitrogens with zero attached hydrogens (tertiary/aromatic N) is 1. The minimum atomic E-state index is -0.503. The van der Waals surface area contributed by atoms with Gasteiger partial charge < -0.3 is 24.4 Å². The van der Waals surface area contributed by atoms with Gasteiger partial charge in [0.25, 0.3) is 0 Å². The number of ether oxygens (including phenoxy) is 3. The molecule has 4 rings (SSSR count). The highest BCUT2D eigenvalue weighted by molar-refractivity contribution is 6.03. The molecule has 0 bridgehead atoms. The van der Waals surface area contributed by atoms with Crippen molar-refractivity contribution in [2.75, 3.05) is 38.1 Å². The molecule has 0 aliphatic carbocycles. The number of carbonyl (C=O) groups is 3. The van der Waals surface area contributed by atoms with Crippen LogP contribution in [0.3, 0.4) is 0 Å². The van der Waals surface area contributed by atoms with Crippen LogP contribution >= 0.6 is 0 Å². The maximum atomic E-state index is 13.0. The van der Waals surface area contributed by atoms with E-state index in [9.17, 15) is 14.4 Å². The average molecular weight is 499 g/mol. The lowest BCUT2D eigenvalue weighted by Crippen LogP contribution is -2.28. The van der Waals surface area contributed by atoms with Gasteiger partial charge in [-0.2, -0.15) is 0 Å². The van der Waals surface area contributed by atoms with E-state index in [-0.39, 0.29) is 24.8 Å². The van der Waals surface area contributed by atoms with Crippen LogP contribution in [-0.4, -0.2) is 45.7 Å². The molecule has 3 aromatic rings. The summed E-state index contributed by atoms with van der Waals surface area (Å²) in [7, 11) is 4.40. The Morgan fingerprint density at radius 1 is 0.892 bits per heavy atom. The van der Waals surface area contributed by atoms with Crippen molar-refractivity contribution in [3.63, 3.8) is 0 Å². The molecule has 8 nitrogen and oxygen atoms in total. The van der Waals surface area contributed by atoms with E-state index in [2.05, 4.69) is 17.2 Å². The van der Waals surface area contributed by atoms with Gasteiger partial charge in [-0.15, -0.1) is 0 Å². The lowest BCUT2D eigenvalue weighted by molar-refractivity contribution is -0.122. The van der Waals surface area contributed by atoms with Crippen LogP contribution in [0, 0.1) is 17.8 Å². The number of methoxy groups -OCH3 is 3. The van der Waals surface area contributed by atoms with Gasteiger partial charge in [0.2, 0.25) is 11.8 Å². The van der Waals surface area contributed by atoms with Gasteiger partial charge in [0.15, 0.2) is 11.5 Å². The quantitative estimate of drug-likeness (QED) is 0.410. The van der Waals surface area contributed by atoms with Gasteiger partial charge >= 0.3 is 5.97 Å². The van der Waals surface area contributed by atoms with Crippen LogP contribution in [0.5, 0.6) is 11.5 Å². The molecule has 1 unspecified atom stereocenters. The monoisotopic (exact) mass is 498 g/mol. The second-order valence-corrected chi connectivity index (χ2v) is 8.34. The van der Waals surface area contributed by atoms with Crippen molar-refractivity contribution in [1.82, 2.24) is 0 Å². The van der Waals surface area contributed by atoms with E-state index in [4.69, 9.17) is 14.2 Å². The van der Waals surface area contributed by atoms with Crippen LogP contribution in [0.2, 0.25) is 0 Å². The molecule has 0 spiro atoms. The van der Waals surface area contributed by atoms with Gasteiger partial charge in [-0.25, -0.2) is 4.79 Å². The summed E-state index contributed by atoms with van der Waals surface area (Å²) < 4.78 is 15.3. The van der Waals surface area contributed by atoms with Crippen molar-refractivity contribution in [1.29, 1.82) is 0 Å². The highest BCUT2D eigenvalue weighted by atomic mass is 16.5. The van der Waals surface area contributed by atoms with Crippen LogP contribution in [0.25, 0.3) is 0 Å². The second kappa shape index (κ2) is 11.3. The predicted octanol–water partition coefficient (Wildman–Crippen LogP) is 3.88. The van der Waals surface area contributed by atoms with Gasteiger partial charge in [-0.05, 0) is 48.5 Å². The zero-order chi connectivity index (χ0) is 26.4. The lowest BCUT2D eigenvalue weighted by Gasteiger charge is -2.18. The number of rotatable bonds is 6. The van der Waals surface area contributed by atoms with E-state index in [0.29, 0.717) is 39.6 Å². The maximum Gasteiger partial charge on any atom is 0.337 e. The van der Waals surface area contributed by atoms with E-state index in [0.717, 1.165) is 0 Å². The summed E-state index contributed by atoms with van der Waals surface area (Å²) in [6.45, 7) is 0.260. The number of nitrogens with one attached hydrogen (secondary N) is 1. The molecule has 1 heterocycles. The summed E-state index contributed by atoms with van der Waals surface area (Å²) in [6.07, 6.45) is 0.107. The molecule has 0 aromatic heterocycles. The molecule has 1 aliphatic heterocycles.